The summed E-state index contributed by atoms with van der Waals surface area (Å²) in [7, 11) is 1.65. The second-order valence-corrected chi connectivity index (χ2v) is 6.95. The molecule has 2 heterocycles. The Morgan fingerprint density at radius 2 is 2.04 bits per heavy atom. The van der Waals surface area contributed by atoms with E-state index in [4.69, 9.17) is 9.47 Å². The first-order chi connectivity index (χ1) is 13.8. The number of nitrogens with one attached hydrogen (secondary N) is 1. The van der Waals surface area contributed by atoms with Gasteiger partial charge in [0.15, 0.2) is 0 Å². The zero-order valence-corrected chi connectivity index (χ0v) is 16.5. The van der Waals surface area contributed by atoms with Crippen molar-refractivity contribution in [1.29, 1.82) is 0 Å². The van der Waals surface area contributed by atoms with Gasteiger partial charge in [-0.3, -0.25) is 9.78 Å². The number of piperidine rings is 1. The lowest BCUT2D eigenvalue weighted by Crippen LogP contribution is -2.37. The molecule has 6 heteroatoms. The highest BCUT2D eigenvalue weighted by molar-refractivity contribution is 5.76. The maximum absolute atomic E-state index is 12.3. The molecule has 0 saturated carbocycles. The number of methoxy groups -OCH3 is 1. The summed E-state index contributed by atoms with van der Waals surface area (Å²) in [4.78, 5) is 18.5. The van der Waals surface area contributed by atoms with Crippen molar-refractivity contribution in [2.45, 2.75) is 38.8 Å². The molecule has 0 radical (unpaired) electrons. The predicted molar refractivity (Wildman–Crippen MR) is 108 cm³/mol. The lowest BCUT2D eigenvalue weighted by atomic mass is 10.1. The SMILES string of the molecule is COc1ccc(OCc2ccccn2)c(CNCCC(=O)N2CCCCC2)c1. The summed E-state index contributed by atoms with van der Waals surface area (Å²) in [5, 5.41) is 3.36. The summed E-state index contributed by atoms with van der Waals surface area (Å²) in [6, 6.07) is 11.5. The Balaban J connectivity index is 1.51. The van der Waals surface area contributed by atoms with E-state index < -0.39 is 0 Å². The first-order valence-corrected chi connectivity index (χ1v) is 9.94. The normalized spacial score (nSPS) is 14.0. The van der Waals surface area contributed by atoms with Gasteiger partial charge in [0.1, 0.15) is 18.1 Å². The summed E-state index contributed by atoms with van der Waals surface area (Å²) in [5.74, 6) is 1.82. The van der Waals surface area contributed by atoms with E-state index in [0.717, 1.165) is 48.7 Å². The lowest BCUT2D eigenvalue weighted by molar-refractivity contribution is -0.131. The van der Waals surface area contributed by atoms with Crippen LogP contribution in [-0.2, 0) is 17.9 Å². The number of likely N-dealkylation sites (tertiary alicyclic amines) is 1. The maximum Gasteiger partial charge on any atom is 0.223 e. The number of carbonyl (C=O) groups excluding carboxylic acids is 1. The monoisotopic (exact) mass is 383 g/mol. The molecule has 1 aromatic heterocycles. The van der Waals surface area contributed by atoms with Gasteiger partial charge >= 0.3 is 0 Å². The van der Waals surface area contributed by atoms with Crippen molar-refractivity contribution in [3.63, 3.8) is 0 Å². The Kier molecular flexibility index (Phi) is 7.67. The van der Waals surface area contributed by atoms with E-state index in [1.807, 2.05) is 41.3 Å². The smallest absolute Gasteiger partial charge is 0.223 e. The molecule has 1 fully saturated rings. The molecule has 6 nitrogen and oxygen atoms in total. The quantitative estimate of drug-likeness (QED) is 0.674. The molecular weight excluding hydrogens is 354 g/mol. The van der Waals surface area contributed by atoms with Gasteiger partial charge in [0.2, 0.25) is 5.91 Å². The zero-order valence-electron chi connectivity index (χ0n) is 16.5. The van der Waals surface area contributed by atoms with Crippen LogP contribution in [0.3, 0.4) is 0 Å². The first kappa shape index (κ1) is 20.1. The number of pyridine rings is 1. The van der Waals surface area contributed by atoms with Crippen molar-refractivity contribution < 1.29 is 14.3 Å². The summed E-state index contributed by atoms with van der Waals surface area (Å²) < 4.78 is 11.3. The van der Waals surface area contributed by atoms with Gasteiger partial charge < -0.3 is 19.7 Å². The predicted octanol–water partition coefficient (Wildman–Crippen LogP) is 3.16. The van der Waals surface area contributed by atoms with Gasteiger partial charge in [0.05, 0.1) is 12.8 Å². The van der Waals surface area contributed by atoms with Gasteiger partial charge in [0, 0.05) is 44.4 Å². The minimum absolute atomic E-state index is 0.240. The van der Waals surface area contributed by atoms with Crippen LogP contribution in [0.15, 0.2) is 42.6 Å². The number of amides is 1. The number of rotatable bonds is 9. The third-order valence-electron chi connectivity index (χ3n) is 4.91. The fourth-order valence-electron chi connectivity index (χ4n) is 3.32. The van der Waals surface area contributed by atoms with Crippen molar-refractivity contribution >= 4 is 5.91 Å². The molecular formula is C22H29N3O3. The average molecular weight is 383 g/mol. The van der Waals surface area contributed by atoms with E-state index >= 15 is 0 Å². The van der Waals surface area contributed by atoms with Crippen molar-refractivity contribution in [1.82, 2.24) is 15.2 Å². The summed E-state index contributed by atoms with van der Waals surface area (Å²) in [5.41, 5.74) is 1.88. The fourth-order valence-corrected chi connectivity index (χ4v) is 3.32. The van der Waals surface area contributed by atoms with Crippen molar-refractivity contribution in [3.8, 4) is 11.5 Å². The molecule has 1 aliphatic heterocycles. The second kappa shape index (κ2) is 10.7. The molecule has 150 valence electrons. The number of ether oxygens (including phenoxy) is 2. The summed E-state index contributed by atoms with van der Waals surface area (Å²) in [6.07, 6.45) is 5.77. The van der Waals surface area contributed by atoms with Crippen LogP contribution in [0.2, 0.25) is 0 Å². The topological polar surface area (TPSA) is 63.7 Å². The molecule has 2 aromatic rings. The Bertz CT molecular complexity index is 746. The van der Waals surface area contributed by atoms with Gasteiger partial charge in [-0.05, 0) is 49.6 Å². The molecule has 0 atom stereocenters. The van der Waals surface area contributed by atoms with E-state index in [2.05, 4.69) is 10.3 Å². The molecule has 3 rings (SSSR count). The van der Waals surface area contributed by atoms with Crippen LogP contribution in [0.25, 0.3) is 0 Å². The van der Waals surface area contributed by atoms with Gasteiger partial charge in [0.25, 0.3) is 0 Å². The first-order valence-electron chi connectivity index (χ1n) is 9.94. The van der Waals surface area contributed by atoms with Gasteiger partial charge in [-0.1, -0.05) is 6.07 Å². The summed E-state index contributed by atoms with van der Waals surface area (Å²) in [6.45, 7) is 3.47. The average Bonchev–Trinajstić information content (AvgIpc) is 2.76. The molecule has 1 saturated heterocycles. The number of aromatic nitrogens is 1. The Hall–Kier alpha value is -2.60. The van der Waals surface area contributed by atoms with Crippen LogP contribution in [0.1, 0.15) is 36.9 Å². The Morgan fingerprint density at radius 1 is 1.18 bits per heavy atom. The molecule has 0 aliphatic carbocycles. The molecule has 1 amide bonds. The molecule has 1 aliphatic rings. The van der Waals surface area contributed by atoms with Crippen LogP contribution in [-0.4, -0.2) is 42.5 Å². The molecule has 0 spiro atoms. The minimum atomic E-state index is 0.240. The second-order valence-electron chi connectivity index (χ2n) is 6.95. The fraction of sp³-hybridized carbons (Fsp3) is 0.455. The number of hydrogen-bond donors (Lipinski definition) is 1. The number of hydrogen-bond acceptors (Lipinski definition) is 5. The van der Waals surface area contributed by atoms with E-state index in [1.54, 1.807) is 13.3 Å². The lowest BCUT2D eigenvalue weighted by Gasteiger charge is -2.26. The number of benzene rings is 1. The van der Waals surface area contributed by atoms with Crippen molar-refractivity contribution in [2.24, 2.45) is 0 Å². The van der Waals surface area contributed by atoms with Crippen LogP contribution in [0.4, 0.5) is 0 Å². The van der Waals surface area contributed by atoms with Gasteiger partial charge in [-0.25, -0.2) is 0 Å². The highest BCUT2D eigenvalue weighted by atomic mass is 16.5. The molecule has 0 unspecified atom stereocenters. The standard InChI is InChI=1S/C22H29N3O3/c1-27-20-8-9-21(28-17-19-7-3-4-11-24-19)18(15-20)16-23-12-10-22(26)25-13-5-2-6-14-25/h3-4,7-9,11,15,23H,2,5-6,10,12-14,16-17H2,1H3. The van der Waals surface area contributed by atoms with Crippen LogP contribution in [0, 0.1) is 0 Å². The van der Waals surface area contributed by atoms with E-state index in [0.29, 0.717) is 26.1 Å². The minimum Gasteiger partial charge on any atom is -0.497 e. The highest BCUT2D eigenvalue weighted by Gasteiger charge is 2.15. The van der Waals surface area contributed by atoms with Gasteiger partial charge in [-0.15, -0.1) is 0 Å². The molecule has 28 heavy (non-hydrogen) atoms. The van der Waals surface area contributed by atoms with E-state index in [9.17, 15) is 4.79 Å². The Labute approximate surface area is 166 Å². The maximum atomic E-state index is 12.3. The highest BCUT2D eigenvalue weighted by Crippen LogP contribution is 2.25. The van der Waals surface area contributed by atoms with Crippen LogP contribution >= 0.6 is 0 Å². The third-order valence-corrected chi connectivity index (χ3v) is 4.91. The molecule has 1 aromatic carbocycles. The van der Waals surface area contributed by atoms with Crippen molar-refractivity contribution in [2.75, 3.05) is 26.7 Å². The van der Waals surface area contributed by atoms with E-state index in [1.165, 1.54) is 6.42 Å². The largest absolute Gasteiger partial charge is 0.497 e. The number of nitrogens with zero attached hydrogens (tertiary/aromatic N) is 2. The van der Waals surface area contributed by atoms with Crippen LogP contribution in [0.5, 0.6) is 11.5 Å². The number of carbonyl (C=O) groups is 1. The van der Waals surface area contributed by atoms with Gasteiger partial charge in [-0.2, -0.15) is 0 Å². The Morgan fingerprint density at radius 3 is 2.79 bits per heavy atom. The zero-order chi connectivity index (χ0) is 19.6. The van der Waals surface area contributed by atoms with Crippen LogP contribution < -0.4 is 14.8 Å². The third kappa shape index (κ3) is 5.96. The van der Waals surface area contributed by atoms with E-state index in [-0.39, 0.29) is 5.91 Å². The molecule has 0 bridgehead atoms. The molecule has 1 N–H and O–H groups in total. The van der Waals surface area contributed by atoms with Crippen molar-refractivity contribution in [3.05, 3.63) is 53.9 Å². The summed E-state index contributed by atoms with van der Waals surface area (Å²) >= 11 is 0.